The van der Waals surface area contributed by atoms with E-state index in [2.05, 4.69) is 15.8 Å². The monoisotopic (exact) mass is 313 g/mol. The van der Waals surface area contributed by atoms with E-state index in [-0.39, 0.29) is 18.2 Å². The fourth-order valence-electron chi connectivity index (χ4n) is 1.97. The molecule has 3 N–H and O–H groups in total. The SMILES string of the molecule is COc1cccc(/C=N\NC(=O)CNc2ccccc2C)c1O. The molecule has 2 rings (SSSR count). The van der Waals surface area contributed by atoms with Gasteiger partial charge in [-0.05, 0) is 30.7 Å². The van der Waals surface area contributed by atoms with Crippen molar-refractivity contribution in [1.82, 2.24) is 5.43 Å². The Kier molecular flexibility index (Phi) is 5.57. The molecule has 0 aliphatic heterocycles. The van der Waals surface area contributed by atoms with Gasteiger partial charge in [0.05, 0.1) is 19.9 Å². The van der Waals surface area contributed by atoms with E-state index in [1.54, 1.807) is 18.2 Å². The van der Waals surface area contributed by atoms with E-state index in [9.17, 15) is 9.90 Å². The van der Waals surface area contributed by atoms with Crippen molar-refractivity contribution in [2.75, 3.05) is 19.0 Å². The summed E-state index contributed by atoms with van der Waals surface area (Å²) in [6.45, 7) is 2.07. The molecule has 23 heavy (non-hydrogen) atoms. The van der Waals surface area contributed by atoms with Gasteiger partial charge in [0, 0.05) is 11.3 Å². The number of amides is 1. The predicted molar refractivity (Wildman–Crippen MR) is 90.1 cm³/mol. The van der Waals surface area contributed by atoms with Crippen LogP contribution in [0.4, 0.5) is 5.69 Å². The second kappa shape index (κ2) is 7.84. The highest BCUT2D eigenvalue weighted by Crippen LogP contribution is 2.27. The zero-order valence-electron chi connectivity index (χ0n) is 13.0. The Morgan fingerprint density at radius 1 is 1.26 bits per heavy atom. The summed E-state index contributed by atoms with van der Waals surface area (Å²) in [5, 5.41) is 16.8. The van der Waals surface area contributed by atoms with Gasteiger partial charge in [0.2, 0.25) is 0 Å². The van der Waals surface area contributed by atoms with Gasteiger partial charge >= 0.3 is 0 Å². The number of carbonyl (C=O) groups is 1. The molecule has 0 unspecified atom stereocenters. The van der Waals surface area contributed by atoms with Crippen molar-refractivity contribution in [3.8, 4) is 11.5 Å². The van der Waals surface area contributed by atoms with Crippen LogP contribution in [-0.4, -0.2) is 30.9 Å². The molecule has 6 nitrogen and oxygen atoms in total. The van der Waals surface area contributed by atoms with Crippen LogP contribution in [0.5, 0.6) is 11.5 Å². The molecular weight excluding hydrogens is 294 g/mol. The third-order valence-corrected chi connectivity index (χ3v) is 3.23. The molecule has 0 saturated heterocycles. The first kappa shape index (κ1) is 16.4. The Balaban J connectivity index is 1.88. The van der Waals surface area contributed by atoms with Crippen LogP contribution >= 0.6 is 0 Å². The number of phenolic OH excluding ortho intramolecular Hbond substituents is 1. The minimum absolute atomic E-state index is 0.0222. The van der Waals surface area contributed by atoms with Crippen molar-refractivity contribution in [2.45, 2.75) is 6.92 Å². The lowest BCUT2D eigenvalue weighted by Crippen LogP contribution is -2.26. The summed E-state index contributed by atoms with van der Waals surface area (Å²) in [5.41, 5.74) is 4.82. The molecule has 0 radical (unpaired) electrons. The number of para-hydroxylation sites is 2. The maximum absolute atomic E-state index is 11.8. The van der Waals surface area contributed by atoms with E-state index in [0.29, 0.717) is 11.3 Å². The molecule has 0 fully saturated rings. The number of nitrogens with zero attached hydrogens (tertiary/aromatic N) is 1. The van der Waals surface area contributed by atoms with Crippen LogP contribution in [-0.2, 0) is 4.79 Å². The molecule has 0 spiro atoms. The number of aromatic hydroxyl groups is 1. The van der Waals surface area contributed by atoms with Gasteiger partial charge in [0.25, 0.3) is 5.91 Å². The highest BCUT2D eigenvalue weighted by molar-refractivity contribution is 5.87. The first-order valence-corrected chi connectivity index (χ1v) is 7.09. The van der Waals surface area contributed by atoms with Crippen molar-refractivity contribution in [3.63, 3.8) is 0 Å². The molecule has 120 valence electrons. The van der Waals surface area contributed by atoms with E-state index in [1.165, 1.54) is 13.3 Å². The number of hydrazone groups is 1. The van der Waals surface area contributed by atoms with Crippen molar-refractivity contribution in [3.05, 3.63) is 53.6 Å². The molecule has 0 bridgehead atoms. The molecule has 2 aromatic carbocycles. The van der Waals surface area contributed by atoms with Gasteiger partial charge < -0.3 is 15.2 Å². The zero-order chi connectivity index (χ0) is 16.7. The normalized spacial score (nSPS) is 10.5. The van der Waals surface area contributed by atoms with Crippen molar-refractivity contribution in [2.24, 2.45) is 5.10 Å². The van der Waals surface area contributed by atoms with Crippen LogP contribution in [0.2, 0.25) is 0 Å². The van der Waals surface area contributed by atoms with Crippen LogP contribution < -0.4 is 15.5 Å². The van der Waals surface area contributed by atoms with Gasteiger partial charge in [0.15, 0.2) is 11.5 Å². The Bertz CT molecular complexity index is 714. The molecule has 0 aliphatic carbocycles. The minimum Gasteiger partial charge on any atom is -0.504 e. The summed E-state index contributed by atoms with van der Waals surface area (Å²) in [4.78, 5) is 11.8. The van der Waals surface area contributed by atoms with Crippen molar-refractivity contribution in [1.29, 1.82) is 0 Å². The summed E-state index contributed by atoms with van der Waals surface area (Å²) in [7, 11) is 1.47. The number of ether oxygens (including phenoxy) is 1. The number of hydrogen-bond acceptors (Lipinski definition) is 5. The van der Waals surface area contributed by atoms with E-state index in [4.69, 9.17) is 4.74 Å². The quantitative estimate of drug-likeness (QED) is 0.564. The van der Waals surface area contributed by atoms with Crippen molar-refractivity contribution < 1.29 is 14.6 Å². The summed E-state index contributed by atoms with van der Waals surface area (Å²) in [5.74, 6) is 0.0411. The highest BCUT2D eigenvalue weighted by Gasteiger charge is 2.05. The maximum atomic E-state index is 11.8. The number of carbonyl (C=O) groups excluding carboxylic acids is 1. The summed E-state index contributed by atoms with van der Waals surface area (Å²) < 4.78 is 5.00. The average Bonchev–Trinajstić information content (AvgIpc) is 2.55. The van der Waals surface area contributed by atoms with Gasteiger partial charge in [-0.2, -0.15) is 5.10 Å². The molecule has 2 aromatic rings. The number of phenols is 1. The molecular formula is C17H19N3O3. The van der Waals surface area contributed by atoms with Crippen LogP contribution in [0.25, 0.3) is 0 Å². The minimum atomic E-state index is -0.285. The Labute approximate surface area is 134 Å². The lowest BCUT2D eigenvalue weighted by molar-refractivity contribution is -0.119. The average molecular weight is 313 g/mol. The summed E-state index contributed by atoms with van der Waals surface area (Å²) in [6.07, 6.45) is 1.36. The molecule has 0 aliphatic rings. The third-order valence-electron chi connectivity index (χ3n) is 3.23. The molecule has 0 saturated carbocycles. The van der Waals surface area contributed by atoms with Crippen molar-refractivity contribution >= 4 is 17.8 Å². The molecule has 0 atom stereocenters. The van der Waals surface area contributed by atoms with Gasteiger partial charge in [-0.15, -0.1) is 0 Å². The predicted octanol–water partition coefficient (Wildman–Crippen LogP) is 2.27. The first-order chi connectivity index (χ1) is 11.1. The zero-order valence-corrected chi connectivity index (χ0v) is 13.0. The van der Waals surface area contributed by atoms with Gasteiger partial charge in [-0.3, -0.25) is 4.79 Å². The number of methoxy groups -OCH3 is 1. The number of benzene rings is 2. The molecule has 0 aromatic heterocycles. The molecule has 0 heterocycles. The summed E-state index contributed by atoms with van der Waals surface area (Å²) >= 11 is 0. The van der Waals surface area contributed by atoms with Gasteiger partial charge in [0.1, 0.15) is 0 Å². The second-order valence-electron chi connectivity index (χ2n) is 4.86. The van der Waals surface area contributed by atoms with Crippen LogP contribution in [0.3, 0.4) is 0 Å². The molecule has 1 amide bonds. The van der Waals surface area contributed by atoms with E-state index in [1.807, 2.05) is 31.2 Å². The third kappa shape index (κ3) is 4.47. The fourth-order valence-corrected chi connectivity index (χ4v) is 1.97. The lowest BCUT2D eigenvalue weighted by Gasteiger charge is -2.08. The number of aryl methyl sites for hydroxylation is 1. The standard InChI is InChI=1S/C17H19N3O3/c1-12-6-3-4-8-14(12)18-11-16(21)20-19-10-13-7-5-9-15(23-2)17(13)22/h3-10,18,22H,11H2,1-2H3,(H,20,21)/b19-10-. The number of rotatable bonds is 6. The topological polar surface area (TPSA) is 83.0 Å². The maximum Gasteiger partial charge on any atom is 0.259 e. The van der Waals surface area contributed by atoms with Gasteiger partial charge in [-0.25, -0.2) is 5.43 Å². The number of nitrogens with one attached hydrogen (secondary N) is 2. The van der Waals surface area contributed by atoms with E-state index < -0.39 is 0 Å². The van der Waals surface area contributed by atoms with Crippen LogP contribution in [0.1, 0.15) is 11.1 Å². The lowest BCUT2D eigenvalue weighted by atomic mass is 10.2. The smallest absolute Gasteiger partial charge is 0.259 e. The fraction of sp³-hybridized carbons (Fsp3) is 0.176. The largest absolute Gasteiger partial charge is 0.504 e. The highest BCUT2D eigenvalue weighted by atomic mass is 16.5. The first-order valence-electron chi connectivity index (χ1n) is 7.09. The van der Waals surface area contributed by atoms with Crippen LogP contribution in [0.15, 0.2) is 47.6 Å². The Hall–Kier alpha value is -3.02. The Morgan fingerprint density at radius 3 is 2.78 bits per heavy atom. The summed E-state index contributed by atoms with van der Waals surface area (Å²) in [6, 6.07) is 12.7. The molecule has 6 heteroatoms. The Morgan fingerprint density at radius 2 is 2.04 bits per heavy atom. The number of anilines is 1. The van der Waals surface area contributed by atoms with E-state index in [0.717, 1.165) is 11.3 Å². The van der Waals surface area contributed by atoms with E-state index >= 15 is 0 Å². The van der Waals surface area contributed by atoms with Gasteiger partial charge in [-0.1, -0.05) is 24.3 Å². The number of hydrogen-bond donors (Lipinski definition) is 3. The van der Waals surface area contributed by atoms with Crippen LogP contribution in [0, 0.1) is 6.92 Å². The second-order valence-corrected chi connectivity index (χ2v) is 4.86.